The molecule has 20 heavy (non-hydrogen) atoms. The summed E-state index contributed by atoms with van der Waals surface area (Å²) >= 11 is 6.41. The normalized spacial score (nSPS) is 26.1. The first-order valence-electron chi connectivity index (χ1n) is 6.99. The van der Waals surface area contributed by atoms with Crippen LogP contribution in [0.2, 0.25) is 5.02 Å². The molecule has 0 spiro atoms. The minimum absolute atomic E-state index is 0. The lowest BCUT2D eigenvalue weighted by Gasteiger charge is -2.41. The third-order valence-corrected chi connectivity index (χ3v) is 4.84. The summed E-state index contributed by atoms with van der Waals surface area (Å²) in [6.45, 7) is 6.94. The molecule has 2 aliphatic rings. The summed E-state index contributed by atoms with van der Waals surface area (Å²) in [4.78, 5) is 2.65. The maximum absolute atomic E-state index is 6.41. The van der Waals surface area contributed by atoms with Crippen LogP contribution >= 0.6 is 36.4 Å². The van der Waals surface area contributed by atoms with Gasteiger partial charge in [-0.15, -0.1) is 24.8 Å². The molecule has 0 amide bonds. The number of piperazine rings is 1. The SMILES string of the molecule is CC1c2c(Cl)cccc2CCC1N1CCNCC1.Cl.Cl. The Morgan fingerprint density at radius 3 is 2.60 bits per heavy atom. The molecule has 1 saturated heterocycles. The highest BCUT2D eigenvalue weighted by molar-refractivity contribution is 6.31. The molecule has 0 aromatic heterocycles. The van der Waals surface area contributed by atoms with Crippen molar-refractivity contribution in [3.05, 3.63) is 34.3 Å². The third-order valence-electron chi connectivity index (χ3n) is 4.51. The smallest absolute Gasteiger partial charge is 0.0444 e. The fourth-order valence-corrected chi connectivity index (χ4v) is 3.93. The van der Waals surface area contributed by atoms with E-state index in [2.05, 4.69) is 29.3 Å². The van der Waals surface area contributed by atoms with Crippen LogP contribution in [0.1, 0.15) is 30.4 Å². The van der Waals surface area contributed by atoms with Crippen LogP contribution in [0.4, 0.5) is 0 Å². The molecule has 0 radical (unpaired) electrons. The van der Waals surface area contributed by atoms with Gasteiger partial charge in [-0.25, -0.2) is 0 Å². The highest BCUT2D eigenvalue weighted by atomic mass is 35.5. The van der Waals surface area contributed by atoms with E-state index in [4.69, 9.17) is 11.6 Å². The Hall–Kier alpha value is 0.01000. The highest BCUT2D eigenvalue weighted by Crippen LogP contribution is 2.38. The number of hydrogen-bond acceptors (Lipinski definition) is 2. The van der Waals surface area contributed by atoms with Crippen LogP contribution in [0.3, 0.4) is 0 Å². The number of aryl methyl sites for hydroxylation is 1. The van der Waals surface area contributed by atoms with E-state index < -0.39 is 0 Å². The summed E-state index contributed by atoms with van der Waals surface area (Å²) in [5, 5.41) is 4.39. The van der Waals surface area contributed by atoms with Crippen molar-refractivity contribution in [3.63, 3.8) is 0 Å². The Labute approximate surface area is 139 Å². The maximum atomic E-state index is 6.41. The molecule has 1 aliphatic heterocycles. The molecular formula is C15H23Cl3N2. The van der Waals surface area contributed by atoms with Crippen molar-refractivity contribution in [2.24, 2.45) is 0 Å². The quantitative estimate of drug-likeness (QED) is 0.843. The highest BCUT2D eigenvalue weighted by Gasteiger charge is 2.32. The van der Waals surface area contributed by atoms with Crippen molar-refractivity contribution in [1.29, 1.82) is 0 Å². The Morgan fingerprint density at radius 1 is 1.20 bits per heavy atom. The van der Waals surface area contributed by atoms with E-state index in [9.17, 15) is 0 Å². The number of fused-ring (bicyclic) bond motifs is 1. The molecule has 2 atom stereocenters. The van der Waals surface area contributed by atoms with E-state index in [1.165, 1.54) is 37.1 Å². The zero-order valence-electron chi connectivity index (χ0n) is 11.8. The van der Waals surface area contributed by atoms with Crippen LogP contribution in [0, 0.1) is 0 Å². The standard InChI is InChI=1S/C15H21ClN2.2ClH/c1-11-14(18-9-7-17-8-10-18)6-5-12-3-2-4-13(16)15(11)12;;/h2-4,11,14,17H,5-10H2,1H3;2*1H. The van der Waals surface area contributed by atoms with Crippen molar-refractivity contribution < 1.29 is 0 Å². The van der Waals surface area contributed by atoms with Gasteiger partial charge in [0.1, 0.15) is 0 Å². The fourth-order valence-electron chi connectivity index (χ4n) is 3.57. The largest absolute Gasteiger partial charge is 0.314 e. The first kappa shape index (κ1) is 18.1. The van der Waals surface area contributed by atoms with Crippen LogP contribution in [0.5, 0.6) is 0 Å². The number of hydrogen-bond donors (Lipinski definition) is 1. The van der Waals surface area contributed by atoms with Gasteiger partial charge in [-0.05, 0) is 36.0 Å². The van der Waals surface area contributed by atoms with Gasteiger partial charge in [0, 0.05) is 37.2 Å². The van der Waals surface area contributed by atoms with Gasteiger partial charge in [-0.3, -0.25) is 4.90 Å². The summed E-state index contributed by atoms with van der Waals surface area (Å²) in [7, 11) is 0. The second kappa shape index (κ2) is 7.86. The topological polar surface area (TPSA) is 15.3 Å². The summed E-state index contributed by atoms with van der Waals surface area (Å²) in [6, 6.07) is 7.03. The van der Waals surface area contributed by atoms with Gasteiger partial charge in [0.05, 0.1) is 0 Å². The molecule has 0 saturated carbocycles. The third kappa shape index (κ3) is 3.42. The summed E-state index contributed by atoms with van der Waals surface area (Å²) in [5.74, 6) is 0.556. The second-order valence-electron chi connectivity index (χ2n) is 5.49. The lowest BCUT2D eigenvalue weighted by molar-refractivity contribution is 0.141. The van der Waals surface area contributed by atoms with Gasteiger partial charge in [-0.1, -0.05) is 30.7 Å². The number of nitrogens with zero attached hydrogens (tertiary/aromatic N) is 1. The molecule has 1 aromatic rings. The van der Waals surface area contributed by atoms with Gasteiger partial charge in [0.25, 0.3) is 0 Å². The molecule has 3 rings (SSSR count). The first-order chi connectivity index (χ1) is 8.77. The average molecular weight is 338 g/mol. The zero-order valence-corrected chi connectivity index (χ0v) is 14.2. The van der Waals surface area contributed by atoms with Gasteiger partial charge >= 0.3 is 0 Å². The molecule has 5 heteroatoms. The molecule has 114 valence electrons. The minimum atomic E-state index is 0. The molecular weight excluding hydrogens is 315 g/mol. The fraction of sp³-hybridized carbons (Fsp3) is 0.600. The summed E-state index contributed by atoms with van der Waals surface area (Å²) in [5.41, 5.74) is 2.86. The Bertz CT molecular complexity index is 433. The van der Waals surface area contributed by atoms with Gasteiger partial charge in [0.2, 0.25) is 0 Å². The second-order valence-corrected chi connectivity index (χ2v) is 5.90. The van der Waals surface area contributed by atoms with Crippen LogP contribution in [0.15, 0.2) is 18.2 Å². The monoisotopic (exact) mass is 336 g/mol. The number of nitrogens with one attached hydrogen (secondary N) is 1. The predicted octanol–water partition coefficient (Wildman–Crippen LogP) is 3.51. The number of benzene rings is 1. The average Bonchev–Trinajstić information content (AvgIpc) is 2.40. The van der Waals surface area contributed by atoms with Gasteiger partial charge in [0.15, 0.2) is 0 Å². The van der Waals surface area contributed by atoms with E-state index in [-0.39, 0.29) is 24.8 Å². The predicted molar refractivity (Wildman–Crippen MR) is 90.9 cm³/mol. The molecule has 0 bridgehead atoms. The van der Waals surface area contributed by atoms with E-state index in [1.807, 2.05) is 6.07 Å². The van der Waals surface area contributed by atoms with Crippen molar-refractivity contribution >= 4 is 36.4 Å². The van der Waals surface area contributed by atoms with E-state index in [0.29, 0.717) is 12.0 Å². The van der Waals surface area contributed by atoms with E-state index in [1.54, 1.807) is 0 Å². The van der Waals surface area contributed by atoms with Crippen molar-refractivity contribution in [3.8, 4) is 0 Å². The molecule has 2 unspecified atom stereocenters. The number of rotatable bonds is 1. The molecule has 1 aromatic carbocycles. The Morgan fingerprint density at radius 2 is 1.90 bits per heavy atom. The van der Waals surface area contributed by atoms with Crippen molar-refractivity contribution in [1.82, 2.24) is 10.2 Å². The first-order valence-corrected chi connectivity index (χ1v) is 7.37. The summed E-state index contributed by atoms with van der Waals surface area (Å²) in [6.07, 6.45) is 2.45. The van der Waals surface area contributed by atoms with Crippen LogP contribution < -0.4 is 5.32 Å². The van der Waals surface area contributed by atoms with Crippen LogP contribution in [-0.2, 0) is 6.42 Å². The molecule has 1 heterocycles. The minimum Gasteiger partial charge on any atom is -0.314 e. The Balaban J connectivity index is 0.000001000. The molecule has 2 nitrogen and oxygen atoms in total. The summed E-state index contributed by atoms with van der Waals surface area (Å²) < 4.78 is 0. The van der Waals surface area contributed by atoms with Crippen molar-refractivity contribution in [2.75, 3.05) is 26.2 Å². The van der Waals surface area contributed by atoms with E-state index in [0.717, 1.165) is 18.1 Å². The molecule has 1 fully saturated rings. The maximum Gasteiger partial charge on any atom is 0.0444 e. The zero-order chi connectivity index (χ0) is 12.5. The van der Waals surface area contributed by atoms with Crippen molar-refractivity contribution in [2.45, 2.75) is 31.7 Å². The lowest BCUT2D eigenvalue weighted by atomic mass is 9.79. The van der Waals surface area contributed by atoms with Crippen LogP contribution in [0.25, 0.3) is 0 Å². The molecule has 1 N–H and O–H groups in total. The van der Waals surface area contributed by atoms with E-state index >= 15 is 0 Å². The Kier molecular flexibility index (Phi) is 7.10. The molecule has 1 aliphatic carbocycles. The van der Waals surface area contributed by atoms with Gasteiger partial charge < -0.3 is 5.32 Å². The lowest BCUT2D eigenvalue weighted by Crippen LogP contribution is -2.51. The van der Waals surface area contributed by atoms with Gasteiger partial charge in [-0.2, -0.15) is 0 Å². The van der Waals surface area contributed by atoms with Crippen LogP contribution in [-0.4, -0.2) is 37.1 Å². The number of halogens is 3.